The molecule has 27 heavy (non-hydrogen) atoms. The van der Waals surface area contributed by atoms with Crippen LogP contribution in [0.1, 0.15) is 12.5 Å². The van der Waals surface area contributed by atoms with Crippen molar-refractivity contribution in [3.63, 3.8) is 0 Å². The lowest BCUT2D eigenvalue weighted by atomic mass is 10.1. The van der Waals surface area contributed by atoms with Crippen LogP contribution in [0.25, 0.3) is 0 Å². The van der Waals surface area contributed by atoms with E-state index in [1.807, 2.05) is 0 Å². The summed E-state index contributed by atoms with van der Waals surface area (Å²) in [6.07, 6.45) is -1.13. The van der Waals surface area contributed by atoms with Gasteiger partial charge < -0.3 is 31.9 Å². The van der Waals surface area contributed by atoms with Crippen LogP contribution in [0.5, 0.6) is 0 Å². The number of aliphatic carboxylic acids is 1. The minimum absolute atomic E-state index is 0.0821. The van der Waals surface area contributed by atoms with Crippen LogP contribution in [0.2, 0.25) is 0 Å². The third-order valence-electron chi connectivity index (χ3n) is 3.61. The summed E-state index contributed by atoms with van der Waals surface area (Å²) in [7, 11) is 0. The molecule has 0 bridgehead atoms. The number of carboxylic acids is 1. The number of hydrogen-bond acceptors (Lipinski definition) is 6. The summed E-state index contributed by atoms with van der Waals surface area (Å²) in [4.78, 5) is 46.6. The first-order valence-electron chi connectivity index (χ1n) is 8.26. The Labute approximate surface area is 156 Å². The number of nitrogens with two attached hydrogens (primary N) is 1. The Kier molecular flexibility index (Phi) is 8.90. The molecule has 0 saturated carbocycles. The molecule has 3 amide bonds. The second-order valence-electron chi connectivity index (χ2n) is 5.86. The monoisotopic (exact) mass is 380 g/mol. The predicted molar refractivity (Wildman–Crippen MR) is 95.4 cm³/mol. The van der Waals surface area contributed by atoms with Gasteiger partial charge in [-0.1, -0.05) is 30.3 Å². The summed E-state index contributed by atoms with van der Waals surface area (Å²) in [5, 5.41) is 25.6. The topological polar surface area (TPSA) is 171 Å². The number of carbonyl (C=O) groups is 4. The SMILES string of the molecule is CC(O)C(NC(=O)CN)C(=O)NCC(=O)NC(Cc1ccccc1)C(=O)O. The normalized spacial score (nSPS) is 13.7. The fraction of sp³-hybridized carbons (Fsp3) is 0.412. The third kappa shape index (κ3) is 7.84. The van der Waals surface area contributed by atoms with E-state index in [2.05, 4.69) is 16.0 Å². The molecule has 3 unspecified atom stereocenters. The van der Waals surface area contributed by atoms with E-state index in [1.165, 1.54) is 6.92 Å². The van der Waals surface area contributed by atoms with Crippen molar-refractivity contribution < 1.29 is 29.4 Å². The Morgan fingerprint density at radius 3 is 2.22 bits per heavy atom. The van der Waals surface area contributed by atoms with Gasteiger partial charge in [0.05, 0.1) is 19.2 Å². The van der Waals surface area contributed by atoms with Gasteiger partial charge >= 0.3 is 5.97 Å². The number of nitrogens with one attached hydrogen (secondary N) is 3. The highest BCUT2D eigenvalue weighted by Crippen LogP contribution is 2.03. The Morgan fingerprint density at radius 1 is 1.07 bits per heavy atom. The summed E-state index contributed by atoms with van der Waals surface area (Å²) >= 11 is 0. The molecule has 10 heteroatoms. The van der Waals surface area contributed by atoms with Gasteiger partial charge in [-0.05, 0) is 12.5 Å². The van der Waals surface area contributed by atoms with Gasteiger partial charge in [0, 0.05) is 6.42 Å². The largest absolute Gasteiger partial charge is 0.480 e. The number of aliphatic hydroxyl groups is 1. The molecule has 148 valence electrons. The average molecular weight is 380 g/mol. The molecule has 0 saturated heterocycles. The van der Waals surface area contributed by atoms with Gasteiger partial charge in [-0.15, -0.1) is 0 Å². The van der Waals surface area contributed by atoms with Crippen LogP contribution in [-0.4, -0.2) is 65.2 Å². The molecule has 0 aliphatic carbocycles. The van der Waals surface area contributed by atoms with Crippen LogP contribution in [0, 0.1) is 0 Å². The molecular formula is C17H24N4O6. The van der Waals surface area contributed by atoms with Gasteiger partial charge in [-0.2, -0.15) is 0 Å². The van der Waals surface area contributed by atoms with E-state index in [-0.39, 0.29) is 13.0 Å². The van der Waals surface area contributed by atoms with Crippen molar-refractivity contribution in [1.82, 2.24) is 16.0 Å². The molecule has 1 aromatic carbocycles. The van der Waals surface area contributed by atoms with Crippen LogP contribution in [0.15, 0.2) is 30.3 Å². The number of benzene rings is 1. The van der Waals surface area contributed by atoms with Crippen molar-refractivity contribution >= 4 is 23.7 Å². The Hall–Kier alpha value is -2.98. The van der Waals surface area contributed by atoms with Crippen LogP contribution >= 0.6 is 0 Å². The lowest BCUT2D eigenvalue weighted by molar-refractivity contribution is -0.141. The van der Waals surface area contributed by atoms with Gasteiger partial charge in [0.25, 0.3) is 0 Å². The van der Waals surface area contributed by atoms with E-state index >= 15 is 0 Å². The number of amides is 3. The first kappa shape index (κ1) is 22.1. The quantitative estimate of drug-likeness (QED) is 0.266. The number of carboxylic acid groups (broad SMARTS) is 1. The van der Waals surface area contributed by atoms with Crippen LogP contribution < -0.4 is 21.7 Å². The second kappa shape index (κ2) is 10.9. The molecule has 0 radical (unpaired) electrons. The molecule has 0 aliphatic rings. The maximum Gasteiger partial charge on any atom is 0.326 e. The van der Waals surface area contributed by atoms with Crippen LogP contribution in [0.3, 0.4) is 0 Å². The van der Waals surface area contributed by atoms with Gasteiger partial charge in [0.15, 0.2) is 0 Å². The molecular weight excluding hydrogens is 356 g/mol. The van der Waals surface area contributed by atoms with Gasteiger partial charge in [0.2, 0.25) is 17.7 Å². The lowest BCUT2D eigenvalue weighted by Gasteiger charge is -2.21. The highest BCUT2D eigenvalue weighted by Gasteiger charge is 2.26. The standard InChI is InChI=1S/C17H24N4O6/c1-10(22)15(21-13(23)8-18)16(25)19-9-14(24)20-12(17(26)27)7-11-5-3-2-4-6-11/h2-6,10,12,15,22H,7-9,18H2,1H3,(H,19,25)(H,20,24)(H,21,23)(H,26,27). The zero-order valence-electron chi connectivity index (χ0n) is 14.8. The van der Waals surface area contributed by atoms with Crippen molar-refractivity contribution in [2.75, 3.05) is 13.1 Å². The average Bonchev–Trinajstić information content (AvgIpc) is 2.63. The van der Waals surface area contributed by atoms with Crippen LogP contribution in [0.4, 0.5) is 0 Å². The summed E-state index contributed by atoms with van der Waals surface area (Å²) in [6.45, 7) is 0.414. The number of hydrogen-bond donors (Lipinski definition) is 6. The maximum absolute atomic E-state index is 12.0. The Balaban J connectivity index is 2.59. The minimum Gasteiger partial charge on any atom is -0.480 e. The van der Waals surface area contributed by atoms with Gasteiger partial charge in [-0.25, -0.2) is 4.79 Å². The van der Waals surface area contributed by atoms with Gasteiger partial charge in [0.1, 0.15) is 12.1 Å². The van der Waals surface area contributed by atoms with E-state index < -0.39 is 48.4 Å². The highest BCUT2D eigenvalue weighted by atomic mass is 16.4. The first-order valence-corrected chi connectivity index (χ1v) is 8.26. The maximum atomic E-state index is 12.0. The Bertz CT molecular complexity index is 665. The molecule has 0 fully saturated rings. The van der Waals surface area contributed by atoms with E-state index in [0.29, 0.717) is 0 Å². The molecule has 10 nitrogen and oxygen atoms in total. The molecule has 0 spiro atoms. The summed E-state index contributed by atoms with van der Waals surface area (Å²) in [5.41, 5.74) is 5.87. The summed E-state index contributed by atoms with van der Waals surface area (Å²) in [5.74, 6) is -3.37. The van der Waals surface area contributed by atoms with E-state index in [0.717, 1.165) is 5.56 Å². The Morgan fingerprint density at radius 2 is 1.70 bits per heavy atom. The van der Waals surface area contributed by atoms with Crippen LogP contribution in [-0.2, 0) is 25.6 Å². The fourth-order valence-corrected chi connectivity index (χ4v) is 2.21. The first-order chi connectivity index (χ1) is 12.7. The van der Waals surface area contributed by atoms with Crippen molar-refractivity contribution in [1.29, 1.82) is 0 Å². The predicted octanol–water partition coefficient (Wildman–Crippen LogP) is -2.26. The number of rotatable bonds is 10. The molecule has 7 N–H and O–H groups in total. The molecule has 0 aliphatic heterocycles. The second-order valence-corrected chi connectivity index (χ2v) is 5.86. The molecule has 0 heterocycles. The molecule has 0 aromatic heterocycles. The smallest absolute Gasteiger partial charge is 0.326 e. The zero-order chi connectivity index (χ0) is 20.4. The van der Waals surface area contributed by atoms with Crippen molar-refractivity contribution in [3.8, 4) is 0 Å². The van der Waals surface area contributed by atoms with E-state index in [1.54, 1.807) is 30.3 Å². The minimum atomic E-state index is -1.28. The fourth-order valence-electron chi connectivity index (χ4n) is 2.21. The summed E-state index contributed by atoms with van der Waals surface area (Å²) in [6, 6.07) is 6.31. The van der Waals surface area contributed by atoms with Gasteiger partial charge in [-0.3, -0.25) is 14.4 Å². The van der Waals surface area contributed by atoms with E-state index in [9.17, 15) is 29.4 Å². The molecule has 1 aromatic rings. The lowest BCUT2D eigenvalue weighted by Crippen LogP contribution is -2.55. The third-order valence-corrected chi connectivity index (χ3v) is 3.61. The summed E-state index contributed by atoms with van der Waals surface area (Å²) < 4.78 is 0. The number of carbonyl (C=O) groups excluding carboxylic acids is 3. The highest BCUT2D eigenvalue weighted by molar-refractivity contribution is 5.92. The molecule has 3 atom stereocenters. The van der Waals surface area contributed by atoms with Crippen molar-refractivity contribution in [2.45, 2.75) is 31.5 Å². The van der Waals surface area contributed by atoms with E-state index in [4.69, 9.17) is 5.73 Å². The zero-order valence-corrected chi connectivity index (χ0v) is 14.8. The number of aliphatic hydroxyl groups excluding tert-OH is 1. The van der Waals surface area contributed by atoms with Crippen molar-refractivity contribution in [3.05, 3.63) is 35.9 Å². The van der Waals surface area contributed by atoms with Crippen molar-refractivity contribution in [2.24, 2.45) is 5.73 Å². The molecule has 1 rings (SSSR count).